The highest BCUT2D eigenvalue weighted by Crippen LogP contribution is 2.36. The normalized spacial score (nSPS) is 10.9. The van der Waals surface area contributed by atoms with E-state index in [1.54, 1.807) is 6.07 Å². The maximum atomic E-state index is 12.5. The van der Waals surface area contributed by atoms with Crippen LogP contribution in [0.2, 0.25) is 10.2 Å². The Kier molecular flexibility index (Phi) is 5.37. The third kappa shape index (κ3) is 4.00. The summed E-state index contributed by atoms with van der Waals surface area (Å²) in [5, 5.41) is 3.73. The smallest absolute Gasteiger partial charge is 0.277 e. The van der Waals surface area contributed by atoms with Gasteiger partial charge >= 0.3 is 0 Å². The van der Waals surface area contributed by atoms with E-state index in [2.05, 4.69) is 29.1 Å². The number of hydrogen-bond donors (Lipinski definition) is 1. The molecule has 2 heterocycles. The number of amides is 1. The summed E-state index contributed by atoms with van der Waals surface area (Å²) in [6, 6.07) is 13.0. The molecule has 0 bridgehead atoms. The largest absolute Gasteiger partial charge is 0.296 e. The van der Waals surface area contributed by atoms with Crippen molar-refractivity contribution in [2.75, 3.05) is 5.32 Å². The molecule has 0 aliphatic rings. The Morgan fingerprint density at radius 2 is 1.80 bits per heavy atom. The number of anilines is 1. The number of halogens is 2. The summed E-state index contributed by atoms with van der Waals surface area (Å²) in [6.07, 6.45) is 0. The fourth-order valence-electron chi connectivity index (χ4n) is 2.31. The van der Waals surface area contributed by atoms with Crippen molar-refractivity contribution < 1.29 is 4.79 Å². The molecule has 1 N–H and O–H groups in total. The van der Waals surface area contributed by atoms with Crippen molar-refractivity contribution >= 4 is 45.6 Å². The number of benzene rings is 1. The zero-order valence-electron chi connectivity index (χ0n) is 13.6. The highest BCUT2D eigenvalue weighted by Gasteiger charge is 2.19. The predicted octanol–water partition coefficient (Wildman–Crippen LogP) is 5.89. The average Bonchev–Trinajstić information content (AvgIpc) is 3.02. The van der Waals surface area contributed by atoms with Gasteiger partial charge in [-0.25, -0.2) is 9.97 Å². The molecular weight excluding hydrogens is 377 g/mol. The maximum Gasteiger partial charge on any atom is 0.277 e. The summed E-state index contributed by atoms with van der Waals surface area (Å²) in [5.41, 5.74) is 1.97. The molecule has 1 aromatic carbocycles. The van der Waals surface area contributed by atoms with Crippen LogP contribution < -0.4 is 5.32 Å². The lowest BCUT2D eigenvalue weighted by Crippen LogP contribution is -2.14. The van der Waals surface area contributed by atoms with Crippen molar-refractivity contribution in [3.05, 3.63) is 63.2 Å². The number of hydrogen-bond acceptors (Lipinski definition) is 4. The zero-order valence-corrected chi connectivity index (χ0v) is 15.9. The van der Waals surface area contributed by atoms with Crippen LogP contribution >= 0.6 is 34.5 Å². The van der Waals surface area contributed by atoms with E-state index in [0.717, 1.165) is 16.1 Å². The van der Waals surface area contributed by atoms with Crippen LogP contribution in [0.5, 0.6) is 0 Å². The van der Waals surface area contributed by atoms with Gasteiger partial charge < -0.3 is 0 Å². The minimum atomic E-state index is -0.434. The minimum Gasteiger partial charge on any atom is -0.296 e. The second-order valence-corrected chi connectivity index (χ2v) is 7.50. The first-order chi connectivity index (χ1) is 12.0. The number of carbonyl (C=O) groups is 1. The van der Waals surface area contributed by atoms with E-state index < -0.39 is 5.91 Å². The summed E-state index contributed by atoms with van der Waals surface area (Å²) in [7, 11) is 0. The van der Waals surface area contributed by atoms with E-state index in [0.29, 0.717) is 5.13 Å². The van der Waals surface area contributed by atoms with Gasteiger partial charge in [0.2, 0.25) is 0 Å². The Hall–Kier alpha value is -1.95. The summed E-state index contributed by atoms with van der Waals surface area (Å²) < 4.78 is 0. The van der Waals surface area contributed by atoms with Crippen molar-refractivity contribution in [1.82, 2.24) is 9.97 Å². The quantitative estimate of drug-likeness (QED) is 0.564. The molecule has 25 heavy (non-hydrogen) atoms. The Labute approximate surface area is 159 Å². The molecule has 0 aliphatic carbocycles. The van der Waals surface area contributed by atoms with Gasteiger partial charge in [-0.3, -0.25) is 10.1 Å². The fraction of sp³-hybridized carbons (Fsp3) is 0.167. The molecule has 0 spiro atoms. The summed E-state index contributed by atoms with van der Waals surface area (Å²) >= 11 is 13.3. The topological polar surface area (TPSA) is 54.9 Å². The van der Waals surface area contributed by atoms with Gasteiger partial charge in [0.15, 0.2) is 5.13 Å². The van der Waals surface area contributed by atoms with Crippen LogP contribution in [-0.4, -0.2) is 15.9 Å². The Bertz CT molecular complexity index is 910. The number of rotatable bonds is 4. The van der Waals surface area contributed by atoms with Crippen LogP contribution in [0.3, 0.4) is 0 Å². The Balaban J connectivity index is 1.93. The van der Waals surface area contributed by atoms with E-state index >= 15 is 0 Å². The number of thiazole rings is 1. The van der Waals surface area contributed by atoms with E-state index in [1.807, 2.05) is 30.3 Å². The number of pyridine rings is 1. The maximum absolute atomic E-state index is 12.5. The molecule has 0 aliphatic heterocycles. The predicted molar refractivity (Wildman–Crippen MR) is 104 cm³/mol. The van der Waals surface area contributed by atoms with Crippen molar-refractivity contribution in [2.45, 2.75) is 19.8 Å². The lowest BCUT2D eigenvalue weighted by atomic mass is 10.1. The first-order valence-corrected chi connectivity index (χ1v) is 9.22. The van der Waals surface area contributed by atoms with Gasteiger partial charge in [-0.1, -0.05) is 67.4 Å². The Morgan fingerprint density at radius 1 is 1.08 bits per heavy atom. The molecular formula is C18H15Cl2N3OS. The van der Waals surface area contributed by atoms with Crippen molar-refractivity contribution in [3.8, 4) is 11.3 Å². The van der Waals surface area contributed by atoms with Crippen LogP contribution in [-0.2, 0) is 0 Å². The monoisotopic (exact) mass is 391 g/mol. The second-order valence-electron chi connectivity index (χ2n) is 5.67. The van der Waals surface area contributed by atoms with Gasteiger partial charge in [0.25, 0.3) is 5.91 Å². The molecule has 1 amide bonds. The summed E-state index contributed by atoms with van der Waals surface area (Å²) in [5.74, 6) is -0.151. The van der Waals surface area contributed by atoms with Crippen LogP contribution in [0.25, 0.3) is 11.3 Å². The molecule has 2 aromatic heterocycles. The molecule has 0 radical (unpaired) electrons. The Morgan fingerprint density at radius 3 is 2.48 bits per heavy atom. The molecule has 3 aromatic rings. The van der Waals surface area contributed by atoms with Crippen LogP contribution in [0.1, 0.15) is 35.1 Å². The van der Waals surface area contributed by atoms with Gasteiger partial charge in [-0.05, 0) is 18.1 Å². The van der Waals surface area contributed by atoms with Gasteiger partial charge in [-0.15, -0.1) is 11.3 Å². The highest BCUT2D eigenvalue weighted by atomic mass is 35.5. The number of nitrogens with one attached hydrogen (secondary N) is 1. The molecule has 128 valence electrons. The first-order valence-electron chi connectivity index (χ1n) is 7.65. The summed E-state index contributed by atoms with van der Waals surface area (Å²) in [6.45, 7) is 4.20. The minimum absolute atomic E-state index is 0.0803. The molecule has 0 saturated carbocycles. The van der Waals surface area contributed by atoms with Crippen molar-refractivity contribution in [3.63, 3.8) is 0 Å². The van der Waals surface area contributed by atoms with E-state index in [9.17, 15) is 4.79 Å². The zero-order chi connectivity index (χ0) is 18.0. The molecule has 3 rings (SSSR count). The third-order valence-electron chi connectivity index (χ3n) is 3.47. The average molecular weight is 392 g/mol. The third-order valence-corrected chi connectivity index (χ3v) is 5.26. The number of carbonyl (C=O) groups excluding carboxylic acids is 1. The number of nitrogens with zero attached hydrogens (tertiary/aromatic N) is 2. The van der Waals surface area contributed by atoms with Crippen LogP contribution in [0.15, 0.2) is 42.5 Å². The molecule has 0 saturated heterocycles. The van der Waals surface area contributed by atoms with Crippen LogP contribution in [0.4, 0.5) is 5.13 Å². The highest BCUT2D eigenvalue weighted by molar-refractivity contribution is 7.16. The molecule has 0 unspecified atom stereocenters. The number of aromatic nitrogens is 2. The van der Waals surface area contributed by atoms with E-state index in [4.69, 9.17) is 23.2 Å². The van der Waals surface area contributed by atoms with E-state index in [1.165, 1.54) is 17.4 Å². The van der Waals surface area contributed by atoms with Crippen molar-refractivity contribution in [1.29, 1.82) is 0 Å². The van der Waals surface area contributed by atoms with Crippen molar-refractivity contribution in [2.24, 2.45) is 0 Å². The standard InChI is InChI=1S/C18H15Cl2N3OS/c1-10(2)16-14(11-6-4-3-5-7-11)22-18(25-16)23-17(24)15-12(19)8-9-13(20)21-15/h3-10H,1-2H3,(H,22,23,24). The molecule has 4 nitrogen and oxygen atoms in total. The van der Waals surface area contributed by atoms with E-state index in [-0.39, 0.29) is 21.8 Å². The SMILES string of the molecule is CC(C)c1sc(NC(=O)c2nc(Cl)ccc2Cl)nc1-c1ccccc1. The summed E-state index contributed by atoms with van der Waals surface area (Å²) in [4.78, 5) is 22.2. The molecule has 7 heteroatoms. The first kappa shape index (κ1) is 17.9. The fourth-order valence-corrected chi connectivity index (χ4v) is 3.64. The second kappa shape index (κ2) is 7.52. The van der Waals surface area contributed by atoms with Gasteiger partial charge in [0.1, 0.15) is 10.8 Å². The lowest BCUT2D eigenvalue weighted by Gasteiger charge is -2.04. The van der Waals surface area contributed by atoms with Crippen LogP contribution in [0, 0.1) is 0 Å². The van der Waals surface area contributed by atoms with Gasteiger partial charge in [-0.2, -0.15) is 0 Å². The van der Waals surface area contributed by atoms with Gasteiger partial charge in [0.05, 0.1) is 10.7 Å². The van der Waals surface area contributed by atoms with Gasteiger partial charge in [0, 0.05) is 10.4 Å². The molecule has 0 atom stereocenters. The lowest BCUT2D eigenvalue weighted by molar-refractivity contribution is 0.102. The molecule has 0 fully saturated rings.